The quantitative estimate of drug-likeness (QED) is 0.829. The van der Waals surface area contributed by atoms with Crippen molar-refractivity contribution in [3.8, 4) is 0 Å². The van der Waals surface area contributed by atoms with Crippen LogP contribution in [-0.2, 0) is 10.8 Å². The third kappa shape index (κ3) is 5.57. The maximum absolute atomic E-state index is 14.0. The molecule has 7 heteroatoms. The molecular weight excluding hydrogens is 327 g/mol. The molecule has 0 unspecified atom stereocenters. The molecule has 0 aliphatic carbocycles. The number of amides is 2. The largest absolute Gasteiger partial charge is 0.337 e. The van der Waals surface area contributed by atoms with E-state index in [1.54, 1.807) is 25.3 Å². The molecule has 0 saturated heterocycles. The van der Waals surface area contributed by atoms with Crippen molar-refractivity contribution in [1.82, 2.24) is 10.6 Å². The molecule has 2 amide bonds. The van der Waals surface area contributed by atoms with E-state index in [4.69, 9.17) is 11.6 Å². The molecule has 0 aromatic heterocycles. The Hall–Kier alpha value is -1.14. The first kappa shape index (κ1) is 18.9. The van der Waals surface area contributed by atoms with Gasteiger partial charge in [-0.25, -0.2) is 9.18 Å². The number of halogens is 2. The lowest BCUT2D eigenvalue weighted by Crippen LogP contribution is -2.43. The summed E-state index contributed by atoms with van der Waals surface area (Å²) >= 11 is 5.75. The number of urea groups is 1. The standard InChI is InChI=1S/C15H22ClFN2O2S/c1-9(2)14(12-6-5-11(16)7-13(12)17)19-15(20)18-8-10(3)22(4)21/h5-7,9-10,14H,8H2,1-4H3,(H2,18,19,20)/t10-,14-,22-/m0/s1. The van der Waals surface area contributed by atoms with Gasteiger partial charge in [0.25, 0.3) is 0 Å². The van der Waals surface area contributed by atoms with Crippen LogP contribution in [0.4, 0.5) is 9.18 Å². The topological polar surface area (TPSA) is 58.2 Å². The van der Waals surface area contributed by atoms with Gasteiger partial charge in [0.2, 0.25) is 0 Å². The van der Waals surface area contributed by atoms with Crippen LogP contribution >= 0.6 is 11.6 Å². The van der Waals surface area contributed by atoms with Gasteiger partial charge in [-0.05, 0) is 25.0 Å². The van der Waals surface area contributed by atoms with Gasteiger partial charge in [0.1, 0.15) is 5.82 Å². The summed E-state index contributed by atoms with van der Waals surface area (Å²) in [6, 6.07) is 3.52. The fourth-order valence-electron chi connectivity index (χ4n) is 1.90. The zero-order valence-corrected chi connectivity index (χ0v) is 14.7. The van der Waals surface area contributed by atoms with Crippen LogP contribution in [0.25, 0.3) is 0 Å². The van der Waals surface area contributed by atoms with Gasteiger partial charge in [0.15, 0.2) is 0 Å². The summed E-state index contributed by atoms with van der Waals surface area (Å²) in [5, 5.41) is 5.58. The van der Waals surface area contributed by atoms with Crippen molar-refractivity contribution < 1.29 is 13.4 Å². The lowest BCUT2D eigenvalue weighted by Gasteiger charge is -2.24. The summed E-state index contributed by atoms with van der Waals surface area (Å²) < 4.78 is 25.3. The molecule has 0 radical (unpaired) electrons. The maximum atomic E-state index is 14.0. The van der Waals surface area contributed by atoms with Gasteiger partial charge >= 0.3 is 6.03 Å². The fourth-order valence-corrected chi connectivity index (χ4v) is 2.38. The summed E-state index contributed by atoms with van der Waals surface area (Å²) in [5.74, 6) is -0.450. The Kier molecular flexibility index (Phi) is 7.29. The average molecular weight is 349 g/mol. The number of hydrogen-bond acceptors (Lipinski definition) is 2. The predicted octanol–water partition coefficient (Wildman–Crippen LogP) is 3.24. The monoisotopic (exact) mass is 348 g/mol. The molecule has 1 rings (SSSR count). The third-order valence-corrected chi connectivity index (χ3v) is 4.90. The van der Waals surface area contributed by atoms with E-state index in [2.05, 4.69) is 10.6 Å². The minimum absolute atomic E-state index is 0.000781. The second-order valence-corrected chi connectivity index (χ2v) is 7.79. The summed E-state index contributed by atoms with van der Waals surface area (Å²) in [7, 11) is -1.01. The van der Waals surface area contributed by atoms with E-state index in [-0.39, 0.29) is 11.2 Å². The van der Waals surface area contributed by atoms with Crippen LogP contribution in [0.1, 0.15) is 32.4 Å². The molecule has 2 N–H and O–H groups in total. The van der Waals surface area contributed by atoms with Crippen molar-refractivity contribution in [1.29, 1.82) is 0 Å². The highest BCUT2D eigenvalue weighted by Crippen LogP contribution is 2.26. The van der Waals surface area contributed by atoms with Crippen molar-refractivity contribution >= 4 is 28.4 Å². The van der Waals surface area contributed by atoms with Gasteiger partial charge in [-0.1, -0.05) is 31.5 Å². The van der Waals surface area contributed by atoms with E-state index in [0.29, 0.717) is 17.1 Å². The van der Waals surface area contributed by atoms with Crippen LogP contribution in [-0.4, -0.2) is 28.3 Å². The maximum Gasteiger partial charge on any atom is 0.315 e. The van der Waals surface area contributed by atoms with E-state index < -0.39 is 28.7 Å². The Balaban J connectivity index is 2.76. The van der Waals surface area contributed by atoms with Crippen LogP contribution in [0.3, 0.4) is 0 Å². The molecule has 4 nitrogen and oxygen atoms in total. The Morgan fingerprint density at radius 3 is 2.50 bits per heavy atom. The van der Waals surface area contributed by atoms with E-state index in [1.165, 1.54) is 6.07 Å². The van der Waals surface area contributed by atoms with Crippen molar-refractivity contribution in [3.05, 3.63) is 34.6 Å². The number of rotatable bonds is 6. The van der Waals surface area contributed by atoms with Crippen molar-refractivity contribution in [2.24, 2.45) is 5.92 Å². The minimum atomic E-state index is -1.01. The smallest absolute Gasteiger partial charge is 0.315 e. The Labute approximate surface area is 138 Å². The number of carbonyl (C=O) groups excluding carboxylic acids is 1. The molecule has 0 aliphatic rings. The molecule has 22 heavy (non-hydrogen) atoms. The molecule has 0 heterocycles. The molecule has 0 saturated carbocycles. The highest BCUT2D eigenvalue weighted by atomic mass is 35.5. The third-order valence-electron chi connectivity index (χ3n) is 3.37. The summed E-state index contributed by atoms with van der Waals surface area (Å²) in [5.41, 5.74) is 0.390. The second-order valence-electron chi connectivity index (χ2n) is 5.55. The zero-order valence-electron chi connectivity index (χ0n) is 13.2. The first-order valence-corrected chi connectivity index (χ1v) is 9.03. The molecule has 0 fully saturated rings. The minimum Gasteiger partial charge on any atom is -0.337 e. The second kappa shape index (κ2) is 8.48. The number of hydrogen-bond donors (Lipinski definition) is 2. The molecule has 0 spiro atoms. The first-order valence-electron chi connectivity index (χ1n) is 7.04. The summed E-state index contributed by atoms with van der Waals surface area (Å²) in [6.45, 7) is 5.86. The number of carbonyl (C=O) groups is 1. The van der Waals surface area contributed by atoms with Crippen LogP contribution in [0.2, 0.25) is 5.02 Å². The predicted molar refractivity (Wildman–Crippen MR) is 89.1 cm³/mol. The first-order chi connectivity index (χ1) is 10.2. The van der Waals surface area contributed by atoms with Gasteiger partial charge in [0.05, 0.1) is 6.04 Å². The van der Waals surface area contributed by atoms with Crippen LogP contribution in [0.15, 0.2) is 18.2 Å². The highest BCUT2D eigenvalue weighted by molar-refractivity contribution is 7.84. The summed E-state index contributed by atoms with van der Waals surface area (Å²) in [6.07, 6.45) is 1.59. The van der Waals surface area contributed by atoms with Crippen LogP contribution in [0.5, 0.6) is 0 Å². The van der Waals surface area contributed by atoms with E-state index >= 15 is 0 Å². The Morgan fingerprint density at radius 1 is 1.36 bits per heavy atom. The van der Waals surface area contributed by atoms with Crippen LogP contribution in [0, 0.1) is 11.7 Å². The fraction of sp³-hybridized carbons (Fsp3) is 0.533. The lowest BCUT2D eigenvalue weighted by atomic mass is 9.96. The number of benzene rings is 1. The van der Waals surface area contributed by atoms with Gasteiger partial charge in [0, 0.05) is 39.4 Å². The van der Waals surface area contributed by atoms with Crippen molar-refractivity contribution in [2.45, 2.75) is 32.1 Å². The molecule has 124 valence electrons. The molecule has 0 bridgehead atoms. The van der Waals surface area contributed by atoms with Crippen molar-refractivity contribution in [3.63, 3.8) is 0 Å². The molecule has 1 aromatic rings. The van der Waals surface area contributed by atoms with Crippen molar-refractivity contribution in [2.75, 3.05) is 12.8 Å². The van der Waals surface area contributed by atoms with E-state index in [1.807, 2.05) is 13.8 Å². The van der Waals surface area contributed by atoms with Gasteiger partial charge in [-0.2, -0.15) is 0 Å². The van der Waals surface area contributed by atoms with Crippen LogP contribution < -0.4 is 10.6 Å². The SMILES string of the molecule is CC(C)[C@H](NC(=O)NC[C@H](C)[S@](C)=O)c1ccc(Cl)cc1F. The van der Waals surface area contributed by atoms with E-state index in [0.717, 1.165) is 0 Å². The average Bonchev–Trinajstić information content (AvgIpc) is 2.42. The molecule has 1 aromatic carbocycles. The molecular formula is C15H22ClFN2O2S. The Bertz CT molecular complexity index is 554. The summed E-state index contributed by atoms with van der Waals surface area (Å²) in [4.78, 5) is 12.0. The van der Waals surface area contributed by atoms with Gasteiger partial charge in [-0.3, -0.25) is 4.21 Å². The molecule has 3 atom stereocenters. The normalized spacial score (nSPS) is 15.2. The lowest BCUT2D eigenvalue weighted by molar-refractivity contribution is 0.233. The van der Waals surface area contributed by atoms with E-state index in [9.17, 15) is 13.4 Å². The molecule has 0 aliphatic heterocycles. The van der Waals surface area contributed by atoms with Gasteiger partial charge < -0.3 is 10.6 Å². The number of nitrogens with one attached hydrogen (secondary N) is 2. The van der Waals surface area contributed by atoms with Gasteiger partial charge in [-0.15, -0.1) is 0 Å². The Morgan fingerprint density at radius 2 is 2.00 bits per heavy atom. The highest BCUT2D eigenvalue weighted by Gasteiger charge is 2.22. The zero-order chi connectivity index (χ0) is 16.9.